The smallest absolute Gasteiger partial charge is 0.315 e. The van der Waals surface area contributed by atoms with Crippen LogP contribution in [-0.2, 0) is 12.7 Å². The maximum Gasteiger partial charge on any atom is 0.417 e. The molecule has 18 heavy (non-hydrogen) atoms. The van der Waals surface area contributed by atoms with Gasteiger partial charge in [0.05, 0.1) is 5.56 Å². The molecule has 0 saturated heterocycles. The molecule has 0 spiro atoms. The third kappa shape index (κ3) is 4.18. The summed E-state index contributed by atoms with van der Waals surface area (Å²) in [5, 5.41) is 3.14. The van der Waals surface area contributed by atoms with Gasteiger partial charge in [-0.1, -0.05) is 6.92 Å². The summed E-state index contributed by atoms with van der Waals surface area (Å²) in [6.45, 7) is 4.95. The molecule has 1 aromatic heterocycles. The van der Waals surface area contributed by atoms with E-state index in [1.54, 1.807) is 0 Å². The second-order valence-electron chi connectivity index (χ2n) is 4.19. The van der Waals surface area contributed by atoms with Crippen molar-refractivity contribution in [2.75, 3.05) is 6.54 Å². The van der Waals surface area contributed by atoms with Crippen molar-refractivity contribution in [1.82, 2.24) is 9.88 Å². The fourth-order valence-electron chi connectivity index (χ4n) is 1.66. The molecule has 1 unspecified atom stereocenters. The molecule has 0 fully saturated rings. The van der Waals surface area contributed by atoms with E-state index in [2.05, 4.69) is 5.32 Å². The van der Waals surface area contributed by atoms with Gasteiger partial charge in [0.15, 0.2) is 0 Å². The highest BCUT2D eigenvalue weighted by molar-refractivity contribution is 5.13. The number of aromatic nitrogens is 1. The van der Waals surface area contributed by atoms with E-state index in [-0.39, 0.29) is 12.6 Å². The summed E-state index contributed by atoms with van der Waals surface area (Å²) in [7, 11) is 0. The molecule has 1 rings (SSSR count). The second kappa shape index (κ2) is 6.04. The monoisotopic (exact) mass is 262 g/mol. The molecule has 0 radical (unpaired) electrons. The topological polar surface area (TPSA) is 34.0 Å². The van der Waals surface area contributed by atoms with Crippen LogP contribution in [0.3, 0.4) is 0 Å². The van der Waals surface area contributed by atoms with Gasteiger partial charge in [-0.05, 0) is 26.0 Å². The Labute approximate surface area is 104 Å². The Hall–Kier alpha value is -1.30. The average molecular weight is 262 g/mol. The first kappa shape index (κ1) is 14.8. The maximum absolute atomic E-state index is 12.5. The van der Waals surface area contributed by atoms with Gasteiger partial charge in [0.25, 0.3) is 5.56 Å². The van der Waals surface area contributed by atoms with E-state index in [0.29, 0.717) is 6.42 Å². The lowest BCUT2D eigenvalue weighted by Crippen LogP contribution is -2.29. The van der Waals surface area contributed by atoms with Gasteiger partial charge >= 0.3 is 6.18 Å². The third-order valence-electron chi connectivity index (χ3n) is 2.67. The fourth-order valence-corrected chi connectivity index (χ4v) is 1.66. The van der Waals surface area contributed by atoms with E-state index in [1.165, 1.54) is 0 Å². The zero-order chi connectivity index (χ0) is 13.8. The molecule has 0 saturated carbocycles. The molecule has 3 nitrogen and oxygen atoms in total. The first-order valence-electron chi connectivity index (χ1n) is 5.85. The Morgan fingerprint density at radius 2 is 2.06 bits per heavy atom. The molecule has 1 N–H and O–H groups in total. The minimum absolute atomic E-state index is 0.163. The Morgan fingerprint density at radius 1 is 1.39 bits per heavy atom. The van der Waals surface area contributed by atoms with Gasteiger partial charge in [0.1, 0.15) is 0 Å². The van der Waals surface area contributed by atoms with Gasteiger partial charge < -0.3 is 9.88 Å². The molecule has 0 aliphatic rings. The van der Waals surface area contributed by atoms with Crippen LogP contribution in [0.5, 0.6) is 0 Å². The molecule has 0 bridgehead atoms. The fraction of sp³-hybridized carbons (Fsp3) is 0.583. The standard InChI is InChI=1S/C12H17F3N2O/c1-3-16-9(2)6-7-17-8-10(12(13,14)15)4-5-11(17)18/h4-5,8-9,16H,3,6-7H2,1-2H3. The van der Waals surface area contributed by atoms with Crippen LogP contribution in [0, 0.1) is 0 Å². The lowest BCUT2D eigenvalue weighted by atomic mass is 10.2. The van der Waals surface area contributed by atoms with Crippen LogP contribution < -0.4 is 10.9 Å². The SMILES string of the molecule is CCNC(C)CCn1cc(C(F)(F)F)ccc1=O. The van der Waals surface area contributed by atoms with Crippen molar-refractivity contribution in [3.8, 4) is 0 Å². The second-order valence-corrected chi connectivity index (χ2v) is 4.19. The molecule has 1 aromatic rings. The molecule has 1 atom stereocenters. The predicted octanol–water partition coefficient (Wildman–Crippen LogP) is 2.26. The van der Waals surface area contributed by atoms with E-state index < -0.39 is 17.3 Å². The van der Waals surface area contributed by atoms with E-state index in [4.69, 9.17) is 0 Å². The highest BCUT2D eigenvalue weighted by Gasteiger charge is 2.30. The normalized spacial score (nSPS) is 13.6. The van der Waals surface area contributed by atoms with Crippen LogP contribution in [0.4, 0.5) is 13.2 Å². The summed E-state index contributed by atoms with van der Waals surface area (Å²) in [4.78, 5) is 11.4. The van der Waals surface area contributed by atoms with Gasteiger partial charge in [0.2, 0.25) is 0 Å². The van der Waals surface area contributed by atoms with Gasteiger partial charge in [-0.3, -0.25) is 4.79 Å². The number of halogens is 3. The Balaban J connectivity index is 2.79. The van der Waals surface area contributed by atoms with E-state index in [0.717, 1.165) is 29.4 Å². The first-order valence-corrected chi connectivity index (χ1v) is 5.85. The highest BCUT2D eigenvalue weighted by atomic mass is 19.4. The summed E-state index contributed by atoms with van der Waals surface area (Å²) >= 11 is 0. The van der Waals surface area contributed by atoms with Crippen molar-refractivity contribution in [3.63, 3.8) is 0 Å². The van der Waals surface area contributed by atoms with Crippen molar-refractivity contribution in [2.45, 2.75) is 39.0 Å². The maximum atomic E-state index is 12.5. The molecule has 6 heteroatoms. The number of rotatable bonds is 5. The lowest BCUT2D eigenvalue weighted by Gasteiger charge is -2.14. The van der Waals surface area contributed by atoms with E-state index in [1.807, 2.05) is 13.8 Å². The summed E-state index contributed by atoms with van der Waals surface area (Å²) in [6, 6.07) is 1.93. The molecule has 0 aliphatic heterocycles. The predicted molar refractivity (Wildman–Crippen MR) is 63.5 cm³/mol. The molecule has 102 valence electrons. The van der Waals surface area contributed by atoms with Gasteiger partial charge in [-0.15, -0.1) is 0 Å². The molecular weight excluding hydrogens is 245 g/mol. The Kier molecular flexibility index (Phi) is 4.95. The summed E-state index contributed by atoms with van der Waals surface area (Å²) in [5.74, 6) is 0. The van der Waals surface area contributed by atoms with Crippen molar-refractivity contribution in [2.24, 2.45) is 0 Å². The number of nitrogens with zero attached hydrogens (tertiary/aromatic N) is 1. The van der Waals surface area contributed by atoms with Gasteiger partial charge in [-0.2, -0.15) is 13.2 Å². The Morgan fingerprint density at radius 3 is 2.61 bits per heavy atom. The number of pyridine rings is 1. The van der Waals surface area contributed by atoms with Crippen LogP contribution in [0.15, 0.2) is 23.1 Å². The lowest BCUT2D eigenvalue weighted by molar-refractivity contribution is -0.138. The van der Waals surface area contributed by atoms with Crippen LogP contribution in [0.25, 0.3) is 0 Å². The van der Waals surface area contributed by atoms with Crippen LogP contribution in [-0.4, -0.2) is 17.2 Å². The van der Waals surface area contributed by atoms with Crippen molar-refractivity contribution >= 4 is 0 Å². The summed E-state index contributed by atoms with van der Waals surface area (Å²) in [5.41, 5.74) is -1.20. The van der Waals surface area contributed by atoms with Gasteiger partial charge in [-0.25, -0.2) is 0 Å². The zero-order valence-electron chi connectivity index (χ0n) is 10.4. The minimum atomic E-state index is -4.41. The molecule has 1 heterocycles. The molecule has 0 amide bonds. The zero-order valence-corrected chi connectivity index (χ0v) is 10.4. The highest BCUT2D eigenvalue weighted by Crippen LogP contribution is 2.27. The third-order valence-corrected chi connectivity index (χ3v) is 2.67. The van der Waals surface area contributed by atoms with Crippen molar-refractivity contribution in [3.05, 3.63) is 34.2 Å². The summed E-state index contributed by atoms with van der Waals surface area (Å²) < 4.78 is 38.6. The molecule has 0 aliphatic carbocycles. The van der Waals surface area contributed by atoms with E-state index >= 15 is 0 Å². The van der Waals surface area contributed by atoms with Crippen LogP contribution in [0.2, 0.25) is 0 Å². The minimum Gasteiger partial charge on any atom is -0.315 e. The number of nitrogens with one attached hydrogen (secondary N) is 1. The van der Waals surface area contributed by atoms with Gasteiger partial charge in [0, 0.05) is 24.8 Å². The van der Waals surface area contributed by atoms with Crippen molar-refractivity contribution < 1.29 is 13.2 Å². The summed E-state index contributed by atoms with van der Waals surface area (Å²) in [6.07, 6.45) is -2.93. The van der Waals surface area contributed by atoms with E-state index in [9.17, 15) is 18.0 Å². The Bertz CT molecular complexity index is 440. The number of alkyl halides is 3. The number of hydrogen-bond acceptors (Lipinski definition) is 2. The number of hydrogen-bond donors (Lipinski definition) is 1. The number of aryl methyl sites for hydroxylation is 1. The quantitative estimate of drug-likeness (QED) is 0.883. The average Bonchev–Trinajstić information content (AvgIpc) is 2.26. The van der Waals surface area contributed by atoms with Crippen LogP contribution >= 0.6 is 0 Å². The van der Waals surface area contributed by atoms with Crippen LogP contribution in [0.1, 0.15) is 25.8 Å². The van der Waals surface area contributed by atoms with Crippen molar-refractivity contribution in [1.29, 1.82) is 0 Å². The largest absolute Gasteiger partial charge is 0.417 e. The molecule has 0 aromatic carbocycles. The first-order chi connectivity index (χ1) is 8.34. The molecular formula is C12H17F3N2O.